The first kappa shape index (κ1) is 10.3. The number of hydrogen-bond acceptors (Lipinski definition) is 1. The quantitative estimate of drug-likeness (QED) is 0.711. The first-order valence-electron chi connectivity index (χ1n) is 1.87. The van der Waals surface area contributed by atoms with Crippen molar-refractivity contribution in [3.8, 4) is 0 Å². The van der Waals surface area contributed by atoms with Crippen molar-refractivity contribution in [3.63, 3.8) is 0 Å². The zero-order valence-corrected chi connectivity index (χ0v) is 8.03. The summed E-state index contributed by atoms with van der Waals surface area (Å²) in [7, 11) is 0. The average molecular weight is 267 g/mol. The monoisotopic (exact) mass is 268 g/mol. The number of carbonyl (C=O) groups is 1. The second kappa shape index (κ2) is 4.50. The summed E-state index contributed by atoms with van der Waals surface area (Å²) in [5, 5.41) is 7.99. The smallest absolute Gasteiger partial charge is 0.305 e. The zero-order valence-electron chi connectivity index (χ0n) is 4.43. The summed E-state index contributed by atoms with van der Waals surface area (Å²) in [6, 6.07) is 0. The van der Waals surface area contributed by atoms with Crippen molar-refractivity contribution in [3.05, 3.63) is 0 Å². The van der Waals surface area contributed by atoms with Crippen LogP contribution in [0.15, 0.2) is 0 Å². The third kappa shape index (κ3) is 6.34. The third-order valence-corrected chi connectivity index (χ3v) is 0.494. The van der Waals surface area contributed by atoms with Gasteiger partial charge in [-0.15, -0.1) is 0 Å². The van der Waals surface area contributed by atoms with Gasteiger partial charge in [0.1, 0.15) is 0 Å². The normalized spacial score (nSPS) is 7.86. The van der Waals surface area contributed by atoms with Crippen LogP contribution < -0.4 is 0 Å². The van der Waals surface area contributed by atoms with E-state index in [0.29, 0.717) is 0 Å². The fourth-order valence-corrected chi connectivity index (χ4v) is 0. The van der Waals surface area contributed by atoms with Crippen molar-refractivity contribution < 1.29 is 35.7 Å². The first-order valence-corrected chi connectivity index (χ1v) is 1.87. The maximum atomic E-state index is 9.70. The summed E-state index contributed by atoms with van der Waals surface area (Å²) < 4.78 is 0. The third-order valence-electron chi connectivity index (χ3n) is 0.494. The van der Waals surface area contributed by atoms with Gasteiger partial charge in [0.15, 0.2) is 0 Å². The number of hydrogen-bond donors (Lipinski definition) is 1. The molecule has 0 radical (unpaired) electrons. The Morgan fingerprint density at radius 1 is 1.57 bits per heavy atom. The number of aliphatic carboxylic acids is 1. The SMILES string of the molecule is CC(C)C(=O)O.[Hf]. The first-order chi connectivity index (χ1) is 2.64. The van der Waals surface area contributed by atoms with Crippen LogP contribution in [0.5, 0.6) is 0 Å². The van der Waals surface area contributed by atoms with Crippen LogP contribution in [0.2, 0.25) is 0 Å². The fourth-order valence-electron chi connectivity index (χ4n) is 0. The topological polar surface area (TPSA) is 37.3 Å². The van der Waals surface area contributed by atoms with Crippen LogP contribution >= 0.6 is 0 Å². The molecule has 0 heterocycles. The van der Waals surface area contributed by atoms with Crippen molar-refractivity contribution >= 4 is 5.97 Å². The van der Waals surface area contributed by atoms with Crippen LogP contribution in [-0.4, -0.2) is 11.1 Å². The Bertz CT molecular complexity index is 60.7. The van der Waals surface area contributed by atoms with Gasteiger partial charge < -0.3 is 5.11 Å². The molecule has 0 atom stereocenters. The van der Waals surface area contributed by atoms with E-state index in [1.54, 1.807) is 13.8 Å². The molecule has 0 aliphatic carbocycles. The minimum Gasteiger partial charge on any atom is -0.481 e. The molecule has 1 N–H and O–H groups in total. The summed E-state index contributed by atoms with van der Waals surface area (Å²) in [6.07, 6.45) is 0. The summed E-state index contributed by atoms with van der Waals surface area (Å²) in [5.41, 5.74) is 0. The second-order valence-corrected chi connectivity index (χ2v) is 1.49. The Kier molecular flexibility index (Phi) is 6.65. The molecular formula is C4H8HfO2. The number of carboxylic acids is 1. The van der Waals surface area contributed by atoms with Crippen LogP contribution in [0.1, 0.15) is 13.8 Å². The average Bonchev–Trinajstić information content (AvgIpc) is 1.36. The molecule has 0 aliphatic rings. The van der Waals surface area contributed by atoms with Gasteiger partial charge in [-0.1, -0.05) is 13.8 Å². The van der Waals surface area contributed by atoms with Crippen molar-refractivity contribution in [1.82, 2.24) is 0 Å². The largest absolute Gasteiger partial charge is 0.481 e. The van der Waals surface area contributed by atoms with Crippen molar-refractivity contribution in [2.24, 2.45) is 5.92 Å². The van der Waals surface area contributed by atoms with Gasteiger partial charge in [0.25, 0.3) is 0 Å². The van der Waals surface area contributed by atoms with E-state index in [2.05, 4.69) is 0 Å². The van der Waals surface area contributed by atoms with Gasteiger partial charge in [0.2, 0.25) is 0 Å². The molecule has 7 heavy (non-hydrogen) atoms. The molecule has 0 aromatic carbocycles. The molecule has 0 saturated carbocycles. The van der Waals surface area contributed by atoms with E-state index >= 15 is 0 Å². The maximum Gasteiger partial charge on any atom is 0.305 e. The Balaban J connectivity index is 0. The minimum atomic E-state index is -0.741. The zero-order chi connectivity index (χ0) is 5.15. The Morgan fingerprint density at radius 3 is 1.71 bits per heavy atom. The van der Waals surface area contributed by atoms with Gasteiger partial charge in [0, 0.05) is 25.8 Å². The number of rotatable bonds is 1. The van der Waals surface area contributed by atoms with E-state index in [4.69, 9.17) is 5.11 Å². The van der Waals surface area contributed by atoms with Crippen molar-refractivity contribution in [2.75, 3.05) is 0 Å². The molecule has 0 aromatic rings. The van der Waals surface area contributed by atoms with Gasteiger partial charge >= 0.3 is 5.97 Å². The molecule has 0 rings (SSSR count). The van der Waals surface area contributed by atoms with Crippen LogP contribution in [0, 0.1) is 5.92 Å². The fraction of sp³-hybridized carbons (Fsp3) is 0.750. The maximum absolute atomic E-state index is 9.70. The Morgan fingerprint density at radius 2 is 1.71 bits per heavy atom. The van der Waals surface area contributed by atoms with E-state index < -0.39 is 5.97 Å². The molecular weight excluding hydrogens is 259 g/mol. The van der Waals surface area contributed by atoms with Crippen LogP contribution in [0.4, 0.5) is 0 Å². The van der Waals surface area contributed by atoms with Gasteiger partial charge in [0.05, 0.1) is 5.92 Å². The van der Waals surface area contributed by atoms with Gasteiger partial charge in [-0.3, -0.25) is 4.79 Å². The molecule has 0 fully saturated rings. The molecule has 3 heteroatoms. The van der Waals surface area contributed by atoms with E-state index in [-0.39, 0.29) is 31.8 Å². The number of carboxylic acid groups (broad SMARTS) is 1. The second-order valence-electron chi connectivity index (χ2n) is 1.49. The predicted molar refractivity (Wildman–Crippen MR) is 22.5 cm³/mol. The Labute approximate surface area is 61.7 Å². The molecule has 2 nitrogen and oxygen atoms in total. The molecule has 0 saturated heterocycles. The molecule has 0 amide bonds. The molecule has 0 bridgehead atoms. The Hall–Kier alpha value is 0.340. The van der Waals surface area contributed by atoms with E-state index in [1.165, 1.54) is 0 Å². The molecule has 0 unspecified atom stereocenters. The van der Waals surface area contributed by atoms with Crippen molar-refractivity contribution in [2.45, 2.75) is 13.8 Å². The van der Waals surface area contributed by atoms with Crippen LogP contribution in [-0.2, 0) is 30.6 Å². The van der Waals surface area contributed by atoms with Gasteiger partial charge in [-0.2, -0.15) is 0 Å². The van der Waals surface area contributed by atoms with E-state index in [0.717, 1.165) is 0 Å². The summed E-state index contributed by atoms with van der Waals surface area (Å²) in [6.45, 7) is 3.28. The molecule has 0 spiro atoms. The summed E-state index contributed by atoms with van der Waals surface area (Å²) >= 11 is 0. The predicted octanol–water partition coefficient (Wildman–Crippen LogP) is 0.724. The van der Waals surface area contributed by atoms with Gasteiger partial charge in [-0.05, 0) is 0 Å². The minimum absolute atomic E-state index is 0. The standard InChI is InChI=1S/C4H8O2.Hf/c1-3(2)4(5)6;/h3H,1-2H3,(H,5,6);. The molecule has 40 valence electrons. The summed E-state index contributed by atoms with van der Waals surface area (Å²) in [4.78, 5) is 9.70. The molecule has 0 aliphatic heterocycles. The van der Waals surface area contributed by atoms with E-state index in [1.807, 2.05) is 0 Å². The molecule has 0 aromatic heterocycles. The van der Waals surface area contributed by atoms with E-state index in [9.17, 15) is 4.79 Å². The summed E-state index contributed by atoms with van der Waals surface area (Å²) in [5.74, 6) is -0.972. The van der Waals surface area contributed by atoms with Crippen LogP contribution in [0.3, 0.4) is 0 Å². The van der Waals surface area contributed by atoms with Crippen molar-refractivity contribution in [1.29, 1.82) is 0 Å². The van der Waals surface area contributed by atoms with Gasteiger partial charge in [-0.25, -0.2) is 0 Å². The van der Waals surface area contributed by atoms with Crippen LogP contribution in [0.25, 0.3) is 0 Å².